The first-order valence-electron chi connectivity index (χ1n) is 5.86. The van der Waals surface area contributed by atoms with Gasteiger partial charge in [0, 0.05) is 25.7 Å². The van der Waals surface area contributed by atoms with Crippen LogP contribution in [-0.4, -0.2) is 49.6 Å². The minimum Gasteiger partial charge on any atom is -0.468 e. The van der Waals surface area contributed by atoms with Crippen molar-refractivity contribution < 1.29 is 4.42 Å². The molecular weight excluding hydrogens is 202 g/mol. The summed E-state index contributed by atoms with van der Waals surface area (Å²) in [6.45, 7) is 2.80. The van der Waals surface area contributed by atoms with Gasteiger partial charge in [-0.15, -0.1) is 0 Å². The van der Waals surface area contributed by atoms with Gasteiger partial charge in [-0.25, -0.2) is 0 Å². The molecule has 2 unspecified atom stereocenters. The lowest BCUT2D eigenvalue weighted by atomic mass is 10.2. The molecule has 0 bridgehead atoms. The summed E-state index contributed by atoms with van der Waals surface area (Å²) in [7, 11) is 4.27. The largest absolute Gasteiger partial charge is 0.468 e. The topological polar surface area (TPSA) is 45.6 Å². The number of likely N-dealkylation sites (N-methyl/N-ethyl adjacent to an activating group) is 1. The molecule has 4 nitrogen and oxygen atoms in total. The molecule has 2 N–H and O–H groups in total. The minimum atomic E-state index is 0.236. The van der Waals surface area contributed by atoms with Crippen molar-refractivity contribution in [3.63, 3.8) is 0 Å². The third kappa shape index (κ3) is 2.29. The van der Waals surface area contributed by atoms with Crippen LogP contribution in [0.25, 0.3) is 0 Å². The van der Waals surface area contributed by atoms with Crippen molar-refractivity contribution in [1.29, 1.82) is 0 Å². The number of nitrogens with two attached hydrogens (primary N) is 1. The Morgan fingerprint density at radius 2 is 2.44 bits per heavy atom. The zero-order valence-corrected chi connectivity index (χ0v) is 10.1. The van der Waals surface area contributed by atoms with Crippen LogP contribution in [0.15, 0.2) is 22.8 Å². The van der Waals surface area contributed by atoms with Crippen LogP contribution in [0.5, 0.6) is 0 Å². The van der Waals surface area contributed by atoms with Gasteiger partial charge in [0.05, 0.1) is 12.3 Å². The van der Waals surface area contributed by atoms with E-state index in [2.05, 4.69) is 23.9 Å². The first-order valence-corrected chi connectivity index (χ1v) is 5.86. The molecule has 1 aliphatic rings. The Kier molecular flexibility index (Phi) is 3.63. The highest BCUT2D eigenvalue weighted by atomic mass is 16.3. The van der Waals surface area contributed by atoms with Crippen LogP contribution in [-0.2, 0) is 0 Å². The van der Waals surface area contributed by atoms with Gasteiger partial charge >= 0.3 is 0 Å². The Morgan fingerprint density at radius 3 is 2.94 bits per heavy atom. The predicted molar refractivity (Wildman–Crippen MR) is 64.2 cm³/mol. The lowest BCUT2D eigenvalue weighted by molar-refractivity contribution is 0.199. The summed E-state index contributed by atoms with van der Waals surface area (Å²) in [5.41, 5.74) is 5.85. The summed E-state index contributed by atoms with van der Waals surface area (Å²) in [4.78, 5) is 4.71. The van der Waals surface area contributed by atoms with Gasteiger partial charge in [-0.05, 0) is 32.6 Å². The smallest absolute Gasteiger partial charge is 0.122 e. The fraction of sp³-hybridized carbons (Fsp3) is 0.667. The van der Waals surface area contributed by atoms with Crippen LogP contribution in [0, 0.1) is 0 Å². The van der Waals surface area contributed by atoms with Gasteiger partial charge < -0.3 is 15.1 Å². The van der Waals surface area contributed by atoms with Crippen molar-refractivity contribution in [2.24, 2.45) is 5.73 Å². The highest BCUT2D eigenvalue weighted by molar-refractivity contribution is 5.06. The van der Waals surface area contributed by atoms with E-state index in [1.807, 2.05) is 12.1 Å². The summed E-state index contributed by atoms with van der Waals surface area (Å²) >= 11 is 0. The number of hydrogen-bond donors (Lipinski definition) is 1. The maximum Gasteiger partial charge on any atom is 0.122 e. The molecule has 90 valence electrons. The van der Waals surface area contributed by atoms with Crippen molar-refractivity contribution in [3.8, 4) is 0 Å². The van der Waals surface area contributed by atoms with Crippen LogP contribution in [0.2, 0.25) is 0 Å². The number of rotatable bonds is 4. The zero-order valence-electron chi connectivity index (χ0n) is 10.1. The van der Waals surface area contributed by atoms with E-state index in [0.29, 0.717) is 12.6 Å². The van der Waals surface area contributed by atoms with E-state index in [-0.39, 0.29) is 6.04 Å². The average Bonchev–Trinajstić information content (AvgIpc) is 2.88. The van der Waals surface area contributed by atoms with Crippen molar-refractivity contribution in [1.82, 2.24) is 9.80 Å². The Bertz CT molecular complexity index is 310. The van der Waals surface area contributed by atoms with Crippen molar-refractivity contribution in [2.75, 3.05) is 33.7 Å². The molecule has 0 aromatic carbocycles. The maximum atomic E-state index is 5.85. The van der Waals surface area contributed by atoms with E-state index < -0.39 is 0 Å². The summed E-state index contributed by atoms with van der Waals surface area (Å²) in [6, 6.07) is 4.82. The molecule has 2 rings (SSSR count). The van der Waals surface area contributed by atoms with E-state index in [4.69, 9.17) is 10.2 Å². The van der Waals surface area contributed by atoms with E-state index in [9.17, 15) is 0 Å². The third-order valence-corrected chi connectivity index (χ3v) is 3.46. The van der Waals surface area contributed by atoms with E-state index in [1.54, 1.807) is 6.26 Å². The molecule has 1 aliphatic heterocycles. The SMILES string of the molecule is CN(C)C1CCN(C(CN)c2ccco2)C1. The molecule has 2 heterocycles. The first kappa shape index (κ1) is 11.6. The highest BCUT2D eigenvalue weighted by Gasteiger charge is 2.30. The minimum absolute atomic E-state index is 0.236. The van der Waals surface area contributed by atoms with E-state index in [0.717, 1.165) is 18.8 Å². The summed E-state index contributed by atoms with van der Waals surface area (Å²) in [5.74, 6) is 0.988. The molecule has 1 fully saturated rings. The van der Waals surface area contributed by atoms with Crippen LogP contribution in [0.1, 0.15) is 18.2 Å². The second-order valence-corrected chi connectivity index (χ2v) is 4.67. The summed E-state index contributed by atoms with van der Waals surface area (Å²) in [6.07, 6.45) is 2.93. The van der Waals surface area contributed by atoms with Crippen molar-refractivity contribution in [3.05, 3.63) is 24.2 Å². The molecule has 0 radical (unpaired) electrons. The Hall–Kier alpha value is -0.840. The molecule has 16 heavy (non-hydrogen) atoms. The number of likely N-dealkylation sites (tertiary alicyclic amines) is 1. The highest BCUT2D eigenvalue weighted by Crippen LogP contribution is 2.25. The second kappa shape index (κ2) is 4.99. The molecule has 1 aromatic rings. The van der Waals surface area contributed by atoms with Crippen LogP contribution < -0.4 is 5.73 Å². The standard InChI is InChI=1S/C12H21N3O/c1-14(2)10-5-6-15(9-10)11(8-13)12-4-3-7-16-12/h3-4,7,10-11H,5-6,8-9,13H2,1-2H3. The number of furan rings is 1. The molecule has 0 spiro atoms. The Balaban J connectivity index is 2.02. The van der Waals surface area contributed by atoms with Crippen molar-refractivity contribution in [2.45, 2.75) is 18.5 Å². The van der Waals surface area contributed by atoms with Gasteiger partial charge in [0.25, 0.3) is 0 Å². The fourth-order valence-electron chi connectivity index (χ4n) is 2.40. The third-order valence-electron chi connectivity index (χ3n) is 3.46. The number of nitrogens with zero attached hydrogens (tertiary/aromatic N) is 2. The second-order valence-electron chi connectivity index (χ2n) is 4.67. The van der Waals surface area contributed by atoms with Gasteiger partial charge in [0.1, 0.15) is 5.76 Å². The monoisotopic (exact) mass is 223 g/mol. The quantitative estimate of drug-likeness (QED) is 0.824. The molecule has 0 saturated carbocycles. The molecule has 1 aromatic heterocycles. The van der Waals surface area contributed by atoms with Crippen molar-refractivity contribution >= 4 is 0 Å². The lowest BCUT2D eigenvalue weighted by Gasteiger charge is -2.26. The van der Waals surface area contributed by atoms with Gasteiger partial charge in [-0.1, -0.05) is 0 Å². The molecular formula is C12H21N3O. The lowest BCUT2D eigenvalue weighted by Crippen LogP contribution is -2.35. The number of hydrogen-bond acceptors (Lipinski definition) is 4. The first-order chi connectivity index (χ1) is 7.72. The van der Waals surface area contributed by atoms with Gasteiger partial charge in [-0.3, -0.25) is 4.90 Å². The summed E-state index contributed by atoms with van der Waals surface area (Å²) in [5, 5.41) is 0. The summed E-state index contributed by atoms with van der Waals surface area (Å²) < 4.78 is 5.46. The normalized spacial score (nSPS) is 24.1. The fourth-order valence-corrected chi connectivity index (χ4v) is 2.40. The molecule has 0 aliphatic carbocycles. The van der Waals surface area contributed by atoms with Gasteiger partial charge in [-0.2, -0.15) is 0 Å². The average molecular weight is 223 g/mol. The predicted octanol–water partition coefficient (Wildman–Crippen LogP) is 0.915. The Labute approximate surface area is 97.0 Å². The van der Waals surface area contributed by atoms with E-state index in [1.165, 1.54) is 6.42 Å². The maximum absolute atomic E-state index is 5.85. The molecule has 2 atom stereocenters. The van der Waals surface area contributed by atoms with Crippen LogP contribution >= 0.6 is 0 Å². The molecule has 0 amide bonds. The van der Waals surface area contributed by atoms with Gasteiger partial charge in [0.15, 0.2) is 0 Å². The molecule has 4 heteroatoms. The van der Waals surface area contributed by atoms with Crippen LogP contribution in [0.4, 0.5) is 0 Å². The zero-order chi connectivity index (χ0) is 11.5. The Morgan fingerprint density at radius 1 is 1.62 bits per heavy atom. The molecule has 1 saturated heterocycles. The van der Waals surface area contributed by atoms with E-state index >= 15 is 0 Å². The van der Waals surface area contributed by atoms with Crippen LogP contribution in [0.3, 0.4) is 0 Å². The van der Waals surface area contributed by atoms with Gasteiger partial charge in [0.2, 0.25) is 0 Å².